The highest BCUT2D eigenvalue weighted by Crippen LogP contribution is 2.17. The standard InChI is InChI=1S/C19H21FN2O3/c1-13-8-14(2-3-18(13)20)9-16(23)10-15-11-17(24)12-19(21-15)22-4-6-25-7-5-22/h2-3,8,12H,4-7,9-11H2,1H3. The molecular formula is C19H21FN2O3. The number of morpholine rings is 1. The summed E-state index contributed by atoms with van der Waals surface area (Å²) in [6.07, 6.45) is 2.08. The zero-order valence-corrected chi connectivity index (χ0v) is 14.3. The highest BCUT2D eigenvalue weighted by molar-refractivity contribution is 6.14. The van der Waals surface area contributed by atoms with Gasteiger partial charge < -0.3 is 9.64 Å². The Kier molecular flexibility index (Phi) is 5.38. The van der Waals surface area contributed by atoms with Gasteiger partial charge in [-0.05, 0) is 24.1 Å². The van der Waals surface area contributed by atoms with Gasteiger partial charge in [0.15, 0.2) is 5.78 Å². The van der Waals surface area contributed by atoms with Gasteiger partial charge in [0.1, 0.15) is 17.4 Å². The largest absolute Gasteiger partial charge is 0.378 e. The lowest BCUT2D eigenvalue weighted by Crippen LogP contribution is -2.36. The third kappa shape index (κ3) is 4.60. The normalized spacial score (nSPS) is 18.0. The van der Waals surface area contributed by atoms with E-state index in [0.717, 1.165) is 5.56 Å². The Morgan fingerprint density at radius 3 is 2.76 bits per heavy atom. The second-order valence-corrected chi connectivity index (χ2v) is 6.40. The van der Waals surface area contributed by atoms with Crippen LogP contribution in [0.3, 0.4) is 0 Å². The molecule has 0 bridgehead atoms. The summed E-state index contributed by atoms with van der Waals surface area (Å²) >= 11 is 0. The van der Waals surface area contributed by atoms with Crippen molar-refractivity contribution in [3.05, 3.63) is 47.0 Å². The molecular weight excluding hydrogens is 323 g/mol. The first-order valence-electron chi connectivity index (χ1n) is 8.41. The molecule has 2 aliphatic rings. The van der Waals surface area contributed by atoms with Gasteiger partial charge in [0.25, 0.3) is 0 Å². The number of carbonyl (C=O) groups excluding carboxylic acids is 2. The molecule has 1 fully saturated rings. The maximum Gasteiger partial charge on any atom is 0.164 e. The van der Waals surface area contributed by atoms with Crippen molar-refractivity contribution in [2.45, 2.75) is 26.2 Å². The molecule has 0 atom stereocenters. The second-order valence-electron chi connectivity index (χ2n) is 6.40. The number of carbonyl (C=O) groups is 2. The molecule has 2 aliphatic heterocycles. The molecule has 1 saturated heterocycles. The van der Waals surface area contributed by atoms with Crippen LogP contribution < -0.4 is 0 Å². The van der Waals surface area contributed by atoms with E-state index in [2.05, 4.69) is 4.99 Å². The van der Waals surface area contributed by atoms with E-state index in [1.807, 2.05) is 4.90 Å². The van der Waals surface area contributed by atoms with E-state index < -0.39 is 0 Å². The first kappa shape index (κ1) is 17.5. The van der Waals surface area contributed by atoms with Gasteiger partial charge in [-0.25, -0.2) is 9.38 Å². The van der Waals surface area contributed by atoms with E-state index in [-0.39, 0.29) is 36.6 Å². The lowest BCUT2D eigenvalue weighted by molar-refractivity contribution is -0.117. The molecule has 0 amide bonds. The van der Waals surface area contributed by atoms with Gasteiger partial charge in [-0.1, -0.05) is 12.1 Å². The SMILES string of the molecule is Cc1cc(CC(=O)CC2=NC(N3CCOCC3)=CC(=O)C2)ccc1F. The van der Waals surface area contributed by atoms with Crippen LogP contribution in [0.4, 0.5) is 4.39 Å². The molecule has 0 radical (unpaired) electrons. The molecule has 132 valence electrons. The van der Waals surface area contributed by atoms with E-state index in [4.69, 9.17) is 4.74 Å². The minimum absolute atomic E-state index is 0.0271. The molecule has 1 aromatic rings. The molecule has 0 spiro atoms. The van der Waals surface area contributed by atoms with Crippen molar-refractivity contribution in [2.75, 3.05) is 26.3 Å². The summed E-state index contributed by atoms with van der Waals surface area (Å²) in [6, 6.07) is 4.67. The number of hydrogen-bond acceptors (Lipinski definition) is 5. The number of aliphatic imine (C=N–C) groups is 1. The number of hydrogen-bond donors (Lipinski definition) is 0. The zero-order chi connectivity index (χ0) is 17.8. The predicted octanol–water partition coefficient (Wildman–Crippen LogP) is 2.22. The summed E-state index contributed by atoms with van der Waals surface area (Å²) < 4.78 is 18.6. The fraction of sp³-hybridized carbons (Fsp3) is 0.421. The highest BCUT2D eigenvalue weighted by Gasteiger charge is 2.21. The molecule has 3 rings (SSSR count). The summed E-state index contributed by atoms with van der Waals surface area (Å²) in [4.78, 5) is 30.8. The van der Waals surface area contributed by atoms with Gasteiger partial charge in [-0.15, -0.1) is 0 Å². The fourth-order valence-electron chi connectivity index (χ4n) is 3.02. The summed E-state index contributed by atoms with van der Waals surface area (Å²) in [5.74, 6) is 0.288. The Morgan fingerprint density at radius 2 is 2.04 bits per heavy atom. The first-order valence-corrected chi connectivity index (χ1v) is 8.41. The lowest BCUT2D eigenvalue weighted by Gasteiger charge is -2.30. The van der Waals surface area contributed by atoms with Crippen LogP contribution in [0, 0.1) is 12.7 Å². The monoisotopic (exact) mass is 344 g/mol. The molecule has 0 saturated carbocycles. The Bertz CT molecular complexity index is 749. The Morgan fingerprint density at radius 1 is 1.28 bits per heavy atom. The molecule has 0 N–H and O–H groups in total. The molecule has 0 aromatic heterocycles. The van der Waals surface area contributed by atoms with Crippen LogP contribution in [0.1, 0.15) is 24.0 Å². The van der Waals surface area contributed by atoms with Crippen molar-refractivity contribution < 1.29 is 18.7 Å². The summed E-state index contributed by atoms with van der Waals surface area (Å²) in [7, 11) is 0. The van der Waals surface area contributed by atoms with Crippen molar-refractivity contribution in [1.82, 2.24) is 4.90 Å². The van der Waals surface area contributed by atoms with Crippen LogP contribution in [0.15, 0.2) is 35.1 Å². The number of Topliss-reactive ketones (excluding diaryl/α,β-unsaturated/α-hetero) is 1. The average molecular weight is 344 g/mol. The van der Waals surface area contributed by atoms with Crippen LogP contribution in [-0.2, 0) is 20.7 Å². The summed E-state index contributed by atoms with van der Waals surface area (Å²) in [5, 5.41) is 0. The average Bonchev–Trinajstić information content (AvgIpc) is 2.58. The topological polar surface area (TPSA) is 59.0 Å². The quantitative estimate of drug-likeness (QED) is 0.822. The third-order valence-electron chi connectivity index (χ3n) is 4.30. The third-order valence-corrected chi connectivity index (χ3v) is 4.30. The van der Waals surface area contributed by atoms with Crippen molar-refractivity contribution >= 4 is 17.3 Å². The summed E-state index contributed by atoms with van der Waals surface area (Å²) in [5.41, 5.74) is 1.89. The summed E-state index contributed by atoms with van der Waals surface area (Å²) in [6.45, 7) is 4.28. The van der Waals surface area contributed by atoms with Crippen LogP contribution >= 0.6 is 0 Å². The minimum Gasteiger partial charge on any atom is -0.378 e. The highest BCUT2D eigenvalue weighted by atomic mass is 19.1. The van der Waals surface area contributed by atoms with E-state index >= 15 is 0 Å². The van der Waals surface area contributed by atoms with E-state index in [9.17, 15) is 14.0 Å². The Labute approximate surface area is 146 Å². The van der Waals surface area contributed by atoms with Crippen molar-refractivity contribution in [1.29, 1.82) is 0 Å². The van der Waals surface area contributed by atoms with E-state index in [0.29, 0.717) is 43.4 Å². The van der Waals surface area contributed by atoms with Crippen LogP contribution in [0.2, 0.25) is 0 Å². The predicted molar refractivity (Wildman–Crippen MR) is 92.0 cm³/mol. The second kappa shape index (κ2) is 7.70. The van der Waals surface area contributed by atoms with Gasteiger partial charge >= 0.3 is 0 Å². The van der Waals surface area contributed by atoms with Crippen molar-refractivity contribution in [2.24, 2.45) is 4.99 Å². The number of aryl methyl sites for hydroxylation is 1. The number of benzene rings is 1. The Hall–Kier alpha value is -2.34. The molecule has 1 aromatic carbocycles. The zero-order valence-electron chi connectivity index (χ0n) is 14.3. The van der Waals surface area contributed by atoms with Crippen LogP contribution in [-0.4, -0.2) is 48.5 Å². The van der Waals surface area contributed by atoms with Gasteiger partial charge in [0, 0.05) is 44.1 Å². The minimum atomic E-state index is -0.279. The number of rotatable bonds is 5. The van der Waals surface area contributed by atoms with Crippen LogP contribution in [0.25, 0.3) is 0 Å². The first-order chi connectivity index (χ1) is 12.0. The number of ether oxygens (including phenoxy) is 1. The van der Waals surface area contributed by atoms with Crippen molar-refractivity contribution in [3.8, 4) is 0 Å². The molecule has 0 unspecified atom stereocenters. The molecule has 2 heterocycles. The molecule has 25 heavy (non-hydrogen) atoms. The lowest BCUT2D eigenvalue weighted by atomic mass is 10.00. The molecule has 6 heteroatoms. The van der Waals surface area contributed by atoms with Gasteiger partial charge in [-0.3, -0.25) is 9.59 Å². The maximum absolute atomic E-state index is 13.3. The van der Waals surface area contributed by atoms with E-state index in [1.54, 1.807) is 25.1 Å². The van der Waals surface area contributed by atoms with Gasteiger partial charge in [-0.2, -0.15) is 0 Å². The number of nitrogens with zero attached hydrogens (tertiary/aromatic N) is 2. The van der Waals surface area contributed by atoms with Crippen molar-refractivity contribution in [3.63, 3.8) is 0 Å². The molecule has 0 aliphatic carbocycles. The van der Waals surface area contributed by atoms with Crippen LogP contribution in [0.5, 0.6) is 0 Å². The number of ketones is 2. The Balaban J connectivity index is 1.65. The van der Waals surface area contributed by atoms with E-state index in [1.165, 1.54) is 6.07 Å². The number of allylic oxidation sites excluding steroid dienone is 1. The fourth-order valence-corrected chi connectivity index (χ4v) is 3.02. The maximum atomic E-state index is 13.3. The van der Waals surface area contributed by atoms with Gasteiger partial charge in [0.05, 0.1) is 13.2 Å². The smallest absolute Gasteiger partial charge is 0.164 e. The molecule has 5 nitrogen and oxygen atoms in total. The van der Waals surface area contributed by atoms with Gasteiger partial charge in [0.2, 0.25) is 0 Å². The number of halogens is 1.